The molecule has 0 amide bonds. The Morgan fingerprint density at radius 3 is 2.81 bits per heavy atom. The highest BCUT2D eigenvalue weighted by molar-refractivity contribution is 7.99. The first-order chi connectivity index (χ1) is 10.3. The van der Waals surface area contributed by atoms with Crippen molar-refractivity contribution in [1.29, 1.82) is 0 Å². The summed E-state index contributed by atoms with van der Waals surface area (Å²) >= 11 is 2.06. The van der Waals surface area contributed by atoms with E-state index in [1.54, 1.807) is 0 Å². The molecule has 0 saturated carbocycles. The maximum atomic E-state index is 4.48. The van der Waals surface area contributed by atoms with Gasteiger partial charge in [-0.2, -0.15) is 11.8 Å². The van der Waals surface area contributed by atoms with Crippen molar-refractivity contribution in [3.8, 4) is 0 Å². The summed E-state index contributed by atoms with van der Waals surface area (Å²) in [6, 6.07) is 11.1. The van der Waals surface area contributed by atoms with Crippen molar-refractivity contribution in [2.75, 3.05) is 12.3 Å². The molecule has 1 heterocycles. The van der Waals surface area contributed by atoms with Gasteiger partial charge in [-0.15, -0.1) is 0 Å². The fourth-order valence-electron chi connectivity index (χ4n) is 2.39. The molecule has 2 aromatic rings. The molecule has 0 saturated heterocycles. The van der Waals surface area contributed by atoms with Gasteiger partial charge in [0.25, 0.3) is 0 Å². The SMILES string of the molecule is CCCNC(CSC(C)CC)c1cccc2ncccc12. The number of hydrogen-bond acceptors (Lipinski definition) is 3. The average molecular weight is 302 g/mol. The lowest BCUT2D eigenvalue weighted by atomic mass is 10.0. The minimum Gasteiger partial charge on any atom is -0.309 e. The van der Waals surface area contributed by atoms with Crippen LogP contribution in [0.25, 0.3) is 10.9 Å². The standard InChI is InChI=1S/C18H26N2S/c1-4-11-19-18(13-21-14(3)5-2)16-8-6-10-17-15(16)9-7-12-20-17/h6-10,12,14,18-19H,4-5,11,13H2,1-3H3. The van der Waals surface area contributed by atoms with Gasteiger partial charge in [-0.1, -0.05) is 39.0 Å². The van der Waals surface area contributed by atoms with Crippen molar-refractivity contribution in [2.24, 2.45) is 0 Å². The number of nitrogens with one attached hydrogen (secondary N) is 1. The lowest BCUT2D eigenvalue weighted by Gasteiger charge is -2.22. The fraction of sp³-hybridized carbons (Fsp3) is 0.500. The van der Waals surface area contributed by atoms with Crippen molar-refractivity contribution in [3.63, 3.8) is 0 Å². The molecule has 0 aliphatic rings. The van der Waals surface area contributed by atoms with Crippen molar-refractivity contribution in [2.45, 2.75) is 44.9 Å². The van der Waals surface area contributed by atoms with Crippen LogP contribution in [-0.2, 0) is 0 Å². The molecule has 2 rings (SSSR count). The molecule has 1 aromatic carbocycles. The highest BCUT2D eigenvalue weighted by Crippen LogP contribution is 2.27. The molecule has 0 bridgehead atoms. The lowest BCUT2D eigenvalue weighted by molar-refractivity contribution is 0.580. The second-order valence-corrected chi connectivity index (χ2v) is 6.95. The van der Waals surface area contributed by atoms with Crippen molar-refractivity contribution >= 4 is 22.7 Å². The summed E-state index contributed by atoms with van der Waals surface area (Å²) < 4.78 is 0. The Kier molecular flexibility index (Phi) is 6.52. The number of aromatic nitrogens is 1. The molecular weight excluding hydrogens is 276 g/mol. The molecule has 2 unspecified atom stereocenters. The van der Waals surface area contributed by atoms with E-state index >= 15 is 0 Å². The van der Waals surface area contributed by atoms with Gasteiger partial charge in [-0.05, 0) is 37.1 Å². The predicted octanol–water partition coefficient (Wildman–Crippen LogP) is 4.81. The summed E-state index contributed by atoms with van der Waals surface area (Å²) in [5, 5.41) is 5.70. The number of fused-ring (bicyclic) bond motifs is 1. The zero-order chi connectivity index (χ0) is 15.1. The zero-order valence-electron chi connectivity index (χ0n) is 13.3. The Hall–Kier alpha value is -1.06. The van der Waals surface area contributed by atoms with Crippen molar-refractivity contribution in [3.05, 3.63) is 42.1 Å². The minimum atomic E-state index is 0.400. The van der Waals surface area contributed by atoms with Crippen LogP contribution in [0.3, 0.4) is 0 Å². The van der Waals surface area contributed by atoms with Gasteiger partial charge in [-0.3, -0.25) is 4.98 Å². The minimum absolute atomic E-state index is 0.400. The Morgan fingerprint density at radius 1 is 1.19 bits per heavy atom. The third-order valence-corrected chi connectivity index (χ3v) is 5.25. The third-order valence-electron chi connectivity index (χ3n) is 3.82. The molecule has 0 spiro atoms. The number of hydrogen-bond donors (Lipinski definition) is 1. The molecule has 0 aliphatic carbocycles. The van der Waals surface area contributed by atoms with Crippen LogP contribution in [0.5, 0.6) is 0 Å². The zero-order valence-corrected chi connectivity index (χ0v) is 14.1. The molecule has 114 valence electrons. The van der Waals surface area contributed by atoms with Crippen LogP contribution in [0.1, 0.15) is 45.2 Å². The molecule has 1 aromatic heterocycles. The molecule has 2 nitrogen and oxygen atoms in total. The van der Waals surface area contributed by atoms with E-state index in [0.717, 1.165) is 24.2 Å². The quantitative estimate of drug-likeness (QED) is 0.757. The number of pyridine rings is 1. The second kappa shape index (κ2) is 8.40. The molecule has 2 atom stereocenters. The monoisotopic (exact) mass is 302 g/mol. The van der Waals surface area contributed by atoms with Gasteiger partial charge in [-0.25, -0.2) is 0 Å². The second-order valence-electron chi connectivity index (χ2n) is 5.48. The molecule has 0 radical (unpaired) electrons. The van der Waals surface area contributed by atoms with Gasteiger partial charge >= 0.3 is 0 Å². The van der Waals surface area contributed by atoms with Gasteiger partial charge in [0.15, 0.2) is 0 Å². The summed E-state index contributed by atoms with van der Waals surface area (Å²) in [6.07, 6.45) is 4.25. The van der Waals surface area contributed by atoms with Gasteiger partial charge in [0.05, 0.1) is 5.52 Å². The molecule has 3 heteroatoms. The fourth-order valence-corrected chi connectivity index (χ4v) is 3.44. The van der Waals surface area contributed by atoms with Crippen LogP contribution in [0.2, 0.25) is 0 Å². The largest absolute Gasteiger partial charge is 0.309 e. The number of nitrogens with zero attached hydrogens (tertiary/aromatic N) is 1. The van der Waals surface area contributed by atoms with E-state index in [4.69, 9.17) is 0 Å². The van der Waals surface area contributed by atoms with E-state index in [0.29, 0.717) is 11.3 Å². The first-order valence-electron chi connectivity index (χ1n) is 7.94. The molecule has 21 heavy (non-hydrogen) atoms. The van der Waals surface area contributed by atoms with E-state index in [-0.39, 0.29) is 0 Å². The van der Waals surface area contributed by atoms with Crippen LogP contribution in [0, 0.1) is 0 Å². The van der Waals surface area contributed by atoms with Gasteiger partial charge < -0.3 is 5.32 Å². The molecular formula is C18H26N2S. The third kappa shape index (κ3) is 4.45. The average Bonchev–Trinajstić information content (AvgIpc) is 2.54. The van der Waals surface area contributed by atoms with Crippen LogP contribution in [0.4, 0.5) is 0 Å². The summed E-state index contributed by atoms with van der Waals surface area (Å²) in [6.45, 7) is 7.85. The van der Waals surface area contributed by atoms with Crippen LogP contribution in [-0.4, -0.2) is 22.5 Å². The predicted molar refractivity (Wildman–Crippen MR) is 95.0 cm³/mol. The van der Waals surface area contributed by atoms with Crippen LogP contribution >= 0.6 is 11.8 Å². The smallest absolute Gasteiger partial charge is 0.0705 e. The van der Waals surface area contributed by atoms with E-state index < -0.39 is 0 Å². The lowest BCUT2D eigenvalue weighted by Crippen LogP contribution is -2.25. The summed E-state index contributed by atoms with van der Waals surface area (Å²) in [5.41, 5.74) is 2.47. The van der Waals surface area contributed by atoms with Crippen molar-refractivity contribution < 1.29 is 0 Å². The maximum absolute atomic E-state index is 4.48. The Morgan fingerprint density at radius 2 is 2.05 bits per heavy atom. The summed E-state index contributed by atoms with van der Waals surface area (Å²) in [7, 11) is 0. The van der Waals surface area contributed by atoms with E-state index in [1.807, 2.05) is 12.3 Å². The Balaban J connectivity index is 2.25. The van der Waals surface area contributed by atoms with E-state index in [1.165, 1.54) is 17.4 Å². The summed E-state index contributed by atoms with van der Waals surface area (Å²) in [4.78, 5) is 4.48. The highest BCUT2D eigenvalue weighted by atomic mass is 32.2. The highest BCUT2D eigenvalue weighted by Gasteiger charge is 2.15. The topological polar surface area (TPSA) is 24.9 Å². The van der Waals surface area contributed by atoms with Crippen LogP contribution < -0.4 is 5.32 Å². The molecule has 0 aliphatic heterocycles. The van der Waals surface area contributed by atoms with E-state index in [2.05, 4.69) is 67.1 Å². The number of thioether (sulfide) groups is 1. The first kappa shape index (κ1) is 16.3. The normalized spacial score (nSPS) is 14.2. The first-order valence-corrected chi connectivity index (χ1v) is 8.99. The Labute approximate surface area is 132 Å². The van der Waals surface area contributed by atoms with Gasteiger partial charge in [0.1, 0.15) is 0 Å². The van der Waals surface area contributed by atoms with Gasteiger partial charge in [0.2, 0.25) is 0 Å². The maximum Gasteiger partial charge on any atom is 0.0705 e. The van der Waals surface area contributed by atoms with Gasteiger partial charge in [0, 0.05) is 28.6 Å². The Bertz CT molecular complexity index is 550. The molecule has 1 N–H and O–H groups in total. The molecule has 0 fully saturated rings. The van der Waals surface area contributed by atoms with Crippen molar-refractivity contribution in [1.82, 2.24) is 10.3 Å². The van der Waals surface area contributed by atoms with E-state index in [9.17, 15) is 0 Å². The summed E-state index contributed by atoms with van der Waals surface area (Å²) in [5.74, 6) is 1.11. The van der Waals surface area contributed by atoms with Crippen LogP contribution in [0.15, 0.2) is 36.5 Å². The number of benzene rings is 1. The number of rotatable bonds is 8.